The molecule has 0 saturated heterocycles. The predicted octanol–water partition coefficient (Wildman–Crippen LogP) is 6.25. The Kier molecular flexibility index (Phi) is 5.18. The van der Waals surface area contributed by atoms with Crippen LogP contribution in [0.5, 0.6) is 0 Å². The van der Waals surface area contributed by atoms with Gasteiger partial charge >= 0.3 is 5.97 Å². The Balaban J connectivity index is 1.52. The molecule has 0 radical (unpaired) electrons. The molecule has 0 amide bonds. The van der Waals surface area contributed by atoms with E-state index in [4.69, 9.17) is 9.97 Å². The van der Waals surface area contributed by atoms with Gasteiger partial charge in [0.15, 0.2) is 5.82 Å². The van der Waals surface area contributed by atoms with Crippen molar-refractivity contribution in [3.63, 3.8) is 0 Å². The van der Waals surface area contributed by atoms with E-state index >= 15 is 0 Å². The van der Waals surface area contributed by atoms with Crippen molar-refractivity contribution in [2.45, 2.75) is 6.42 Å². The van der Waals surface area contributed by atoms with Crippen LogP contribution in [0.3, 0.4) is 0 Å². The van der Waals surface area contributed by atoms with Crippen molar-refractivity contribution < 1.29 is 9.90 Å². The number of para-hydroxylation sites is 1. The van der Waals surface area contributed by atoms with E-state index < -0.39 is 5.97 Å². The highest BCUT2D eigenvalue weighted by Gasteiger charge is 2.12. The normalized spacial score (nSPS) is 10.9. The lowest BCUT2D eigenvalue weighted by atomic mass is 9.97. The van der Waals surface area contributed by atoms with Gasteiger partial charge in [0.05, 0.1) is 16.8 Å². The summed E-state index contributed by atoms with van der Waals surface area (Å²) in [6.45, 7) is 0. The van der Waals surface area contributed by atoms with Gasteiger partial charge in [-0.3, -0.25) is 0 Å². The molecule has 4 aromatic carbocycles. The lowest BCUT2D eigenvalue weighted by molar-refractivity contribution is 0.0697. The first kappa shape index (κ1) is 19.6. The number of aromatic nitrogens is 2. The van der Waals surface area contributed by atoms with Crippen molar-refractivity contribution in [3.05, 3.63) is 120 Å². The fourth-order valence-corrected chi connectivity index (χ4v) is 3.91. The molecule has 0 saturated carbocycles. The maximum absolute atomic E-state index is 11.6. The minimum Gasteiger partial charge on any atom is -0.478 e. The van der Waals surface area contributed by atoms with Gasteiger partial charge in [0.25, 0.3) is 0 Å². The van der Waals surface area contributed by atoms with Gasteiger partial charge in [-0.15, -0.1) is 0 Å². The Bertz CT molecular complexity index is 1410. The number of hydrogen-bond acceptors (Lipinski definition) is 3. The number of aromatic carboxylic acids is 1. The van der Waals surface area contributed by atoms with E-state index in [0.717, 1.165) is 33.3 Å². The second-order valence-corrected chi connectivity index (χ2v) is 7.60. The van der Waals surface area contributed by atoms with Gasteiger partial charge in [-0.2, -0.15) is 0 Å². The molecule has 0 aliphatic heterocycles. The molecule has 0 bridgehead atoms. The van der Waals surface area contributed by atoms with Gasteiger partial charge in [-0.05, 0) is 28.8 Å². The molecule has 0 atom stereocenters. The van der Waals surface area contributed by atoms with Crippen LogP contribution in [0.25, 0.3) is 33.4 Å². The van der Waals surface area contributed by atoms with Crippen LogP contribution in [0, 0.1) is 0 Å². The van der Waals surface area contributed by atoms with E-state index in [1.54, 1.807) is 12.1 Å². The average Bonchev–Trinajstić information content (AvgIpc) is 2.85. The summed E-state index contributed by atoms with van der Waals surface area (Å²) >= 11 is 0. The van der Waals surface area contributed by atoms with Crippen LogP contribution in [0.15, 0.2) is 103 Å². The summed E-state index contributed by atoms with van der Waals surface area (Å²) in [5.41, 5.74) is 5.87. The number of rotatable bonds is 5. The number of carboxylic acid groups (broad SMARTS) is 1. The zero-order valence-electron chi connectivity index (χ0n) is 17.3. The SMILES string of the molecule is O=C(O)c1ccccc1-c1ccc(Cc2nc(-c3ccccc3)nc3ccccc23)cc1. The fourth-order valence-electron chi connectivity index (χ4n) is 3.91. The number of nitrogens with zero attached hydrogens (tertiary/aromatic N) is 2. The lowest BCUT2D eigenvalue weighted by Gasteiger charge is -2.10. The van der Waals surface area contributed by atoms with Crippen molar-refractivity contribution in [2.75, 3.05) is 0 Å². The molecule has 0 fully saturated rings. The van der Waals surface area contributed by atoms with Crippen molar-refractivity contribution >= 4 is 16.9 Å². The molecule has 0 aliphatic carbocycles. The zero-order chi connectivity index (χ0) is 21.9. The quantitative estimate of drug-likeness (QED) is 0.368. The summed E-state index contributed by atoms with van der Waals surface area (Å²) in [7, 11) is 0. The molecule has 5 rings (SSSR count). The standard InChI is InChI=1S/C28H20N2O2/c31-28(32)23-11-5-4-10-22(23)20-16-14-19(15-17-20)18-26-24-12-6-7-13-25(24)29-27(30-26)21-8-2-1-3-9-21/h1-17H,18H2,(H,31,32). The van der Waals surface area contributed by atoms with Gasteiger partial charge in [0.1, 0.15) is 0 Å². The maximum Gasteiger partial charge on any atom is 0.336 e. The molecule has 0 unspecified atom stereocenters. The van der Waals surface area contributed by atoms with E-state index in [1.165, 1.54) is 0 Å². The number of fused-ring (bicyclic) bond motifs is 1. The number of hydrogen-bond donors (Lipinski definition) is 1. The third-order valence-electron chi connectivity index (χ3n) is 5.51. The Morgan fingerprint density at radius 1 is 0.688 bits per heavy atom. The van der Waals surface area contributed by atoms with Gasteiger partial charge in [0.2, 0.25) is 0 Å². The van der Waals surface area contributed by atoms with Gasteiger partial charge < -0.3 is 5.11 Å². The Morgan fingerprint density at radius 3 is 2.16 bits per heavy atom. The van der Waals surface area contributed by atoms with E-state index in [9.17, 15) is 9.90 Å². The molecule has 4 nitrogen and oxygen atoms in total. The van der Waals surface area contributed by atoms with Crippen LogP contribution in [0.1, 0.15) is 21.6 Å². The number of carboxylic acids is 1. The van der Waals surface area contributed by atoms with E-state index in [-0.39, 0.29) is 0 Å². The fraction of sp³-hybridized carbons (Fsp3) is 0.0357. The predicted molar refractivity (Wildman–Crippen MR) is 127 cm³/mol. The Morgan fingerprint density at radius 2 is 1.38 bits per heavy atom. The summed E-state index contributed by atoms with van der Waals surface area (Å²) < 4.78 is 0. The first-order valence-electron chi connectivity index (χ1n) is 10.4. The lowest BCUT2D eigenvalue weighted by Crippen LogP contribution is -2.00. The minimum absolute atomic E-state index is 0.301. The molecule has 4 heteroatoms. The second-order valence-electron chi connectivity index (χ2n) is 7.60. The zero-order valence-corrected chi connectivity index (χ0v) is 17.3. The summed E-state index contributed by atoms with van der Waals surface area (Å²) in [6.07, 6.45) is 0.656. The van der Waals surface area contributed by atoms with Crippen LogP contribution >= 0.6 is 0 Å². The van der Waals surface area contributed by atoms with Crippen LogP contribution in [-0.2, 0) is 6.42 Å². The molecular weight excluding hydrogens is 396 g/mol. The van der Waals surface area contributed by atoms with E-state index in [2.05, 4.69) is 6.07 Å². The molecular formula is C28H20N2O2. The second kappa shape index (κ2) is 8.44. The highest BCUT2D eigenvalue weighted by Crippen LogP contribution is 2.27. The number of carbonyl (C=O) groups is 1. The maximum atomic E-state index is 11.6. The minimum atomic E-state index is -0.925. The average molecular weight is 416 g/mol. The molecule has 32 heavy (non-hydrogen) atoms. The van der Waals surface area contributed by atoms with Crippen molar-refractivity contribution in [1.29, 1.82) is 0 Å². The first-order chi connectivity index (χ1) is 15.7. The summed E-state index contributed by atoms with van der Waals surface area (Å²) in [5.74, 6) is -0.211. The highest BCUT2D eigenvalue weighted by molar-refractivity contribution is 5.96. The van der Waals surface area contributed by atoms with E-state index in [1.807, 2.05) is 84.9 Å². The molecule has 0 aliphatic rings. The van der Waals surface area contributed by atoms with Crippen molar-refractivity contribution in [1.82, 2.24) is 9.97 Å². The van der Waals surface area contributed by atoms with E-state index in [0.29, 0.717) is 23.4 Å². The van der Waals surface area contributed by atoms with Gasteiger partial charge in [0, 0.05) is 17.4 Å². The first-order valence-corrected chi connectivity index (χ1v) is 10.4. The Hall–Kier alpha value is -4.31. The monoisotopic (exact) mass is 416 g/mol. The summed E-state index contributed by atoms with van der Waals surface area (Å²) in [4.78, 5) is 21.2. The third kappa shape index (κ3) is 3.86. The van der Waals surface area contributed by atoms with Crippen molar-refractivity contribution in [2.24, 2.45) is 0 Å². The number of benzene rings is 4. The van der Waals surface area contributed by atoms with Crippen LogP contribution in [-0.4, -0.2) is 21.0 Å². The Labute approximate surface area is 185 Å². The third-order valence-corrected chi connectivity index (χ3v) is 5.51. The van der Waals surface area contributed by atoms with Crippen LogP contribution in [0.4, 0.5) is 0 Å². The molecule has 154 valence electrons. The molecule has 1 N–H and O–H groups in total. The smallest absolute Gasteiger partial charge is 0.336 e. The summed E-state index contributed by atoms with van der Waals surface area (Å²) in [6, 6.07) is 33.1. The molecule has 1 aromatic heterocycles. The largest absolute Gasteiger partial charge is 0.478 e. The topological polar surface area (TPSA) is 63.1 Å². The highest BCUT2D eigenvalue weighted by atomic mass is 16.4. The van der Waals surface area contributed by atoms with Crippen molar-refractivity contribution in [3.8, 4) is 22.5 Å². The molecule has 5 aromatic rings. The molecule has 1 heterocycles. The molecule has 0 spiro atoms. The van der Waals surface area contributed by atoms with Gasteiger partial charge in [-0.25, -0.2) is 14.8 Å². The van der Waals surface area contributed by atoms with Gasteiger partial charge in [-0.1, -0.05) is 91.0 Å². The van der Waals surface area contributed by atoms with Crippen LogP contribution in [0.2, 0.25) is 0 Å². The van der Waals surface area contributed by atoms with Crippen LogP contribution < -0.4 is 0 Å². The summed E-state index contributed by atoms with van der Waals surface area (Å²) in [5, 5.41) is 10.5.